The van der Waals surface area contributed by atoms with E-state index in [9.17, 15) is 0 Å². The van der Waals surface area contributed by atoms with Crippen molar-refractivity contribution in [3.8, 4) is 17.2 Å². The zero-order valence-electron chi connectivity index (χ0n) is 22.3. The minimum absolute atomic E-state index is 0.254. The maximum Gasteiger partial charge on any atom is 0.161 e. The predicted octanol–water partition coefficient (Wildman–Crippen LogP) is 4.96. The number of benzene rings is 2. The Morgan fingerprint density at radius 2 is 1.67 bits per heavy atom. The van der Waals surface area contributed by atoms with Crippen LogP contribution in [0.4, 0.5) is 0 Å². The van der Waals surface area contributed by atoms with Gasteiger partial charge in [-0.25, -0.2) is 0 Å². The molecule has 1 saturated heterocycles. The number of nitrogens with zero attached hydrogens (tertiary/aromatic N) is 3. The minimum Gasteiger partial charge on any atom is -0.493 e. The van der Waals surface area contributed by atoms with Gasteiger partial charge in [-0.05, 0) is 68.5 Å². The van der Waals surface area contributed by atoms with Crippen molar-refractivity contribution in [3.05, 3.63) is 71.0 Å². The molecular formula is C29H39N3O4. The molecule has 3 aromatic rings. The van der Waals surface area contributed by atoms with Crippen LogP contribution in [0.25, 0.3) is 0 Å². The second-order valence-corrected chi connectivity index (χ2v) is 9.84. The van der Waals surface area contributed by atoms with Gasteiger partial charge in [0.2, 0.25) is 0 Å². The summed E-state index contributed by atoms with van der Waals surface area (Å²) in [6.45, 7) is 10.8. The monoisotopic (exact) mass is 493 g/mol. The molecule has 0 amide bonds. The second kappa shape index (κ2) is 11.8. The molecule has 0 radical (unpaired) electrons. The SMILES string of the molecule is COc1cc(CN2CCC(COc3ccc(C)cc3C)(OC)CC2)ccc1OCCn1cc(C)cn1. The highest BCUT2D eigenvalue weighted by atomic mass is 16.5. The summed E-state index contributed by atoms with van der Waals surface area (Å²) in [5.41, 5.74) is 4.51. The highest BCUT2D eigenvalue weighted by molar-refractivity contribution is 5.43. The molecule has 0 spiro atoms. The van der Waals surface area contributed by atoms with Crippen molar-refractivity contribution in [3.63, 3.8) is 0 Å². The van der Waals surface area contributed by atoms with Crippen LogP contribution in [-0.4, -0.2) is 60.8 Å². The third-order valence-electron chi connectivity index (χ3n) is 7.00. The molecule has 0 saturated carbocycles. The standard InChI is InChI=1S/C29H39N3O4/c1-22-6-8-26(24(3)16-22)36-21-29(34-5)10-12-31(13-11-29)20-25-7-9-27(28(17-25)33-4)35-15-14-32-19-23(2)18-30-32/h6-9,16-19H,10-15,20-21H2,1-5H3. The van der Waals surface area contributed by atoms with Gasteiger partial charge in [-0.2, -0.15) is 5.10 Å². The molecule has 0 bridgehead atoms. The summed E-state index contributed by atoms with van der Waals surface area (Å²) in [5, 5.41) is 4.30. The Labute approximate surface area is 214 Å². The highest BCUT2D eigenvalue weighted by Crippen LogP contribution is 2.31. The zero-order valence-corrected chi connectivity index (χ0v) is 22.3. The van der Waals surface area contributed by atoms with Gasteiger partial charge in [-0.3, -0.25) is 9.58 Å². The number of aromatic nitrogens is 2. The molecule has 2 heterocycles. The minimum atomic E-state index is -0.254. The fourth-order valence-corrected chi connectivity index (χ4v) is 4.72. The molecule has 4 rings (SSSR count). The Morgan fingerprint density at radius 1 is 0.889 bits per heavy atom. The van der Waals surface area contributed by atoms with Crippen molar-refractivity contribution < 1.29 is 18.9 Å². The predicted molar refractivity (Wildman–Crippen MR) is 141 cm³/mol. The van der Waals surface area contributed by atoms with Crippen LogP contribution in [0.3, 0.4) is 0 Å². The Kier molecular flexibility index (Phi) is 8.54. The van der Waals surface area contributed by atoms with Gasteiger partial charge in [0.25, 0.3) is 0 Å². The number of likely N-dealkylation sites (tertiary alicyclic amines) is 1. The van der Waals surface area contributed by atoms with Crippen LogP contribution in [0.15, 0.2) is 48.8 Å². The molecule has 0 aliphatic carbocycles. The topological polar surface area (TPSA) is 58.0 Å². The molecule has 0 N–H and O–H groups in total. The number of hydrogen-bond acceptors (Lipinski definition) is 6. The maximum atomic E-state index is 6.20. The van der Waals surface area contributed by atoms with E-state index in [1.165, 1.54) is 11.1 Å². The summed E-state index contributed by atoms with van der Waals surface area (Å²) < 4.78 is 25.7. The second-order valence-electron chi connectivity index (χ2n) is 9.84. The quantitative estimate of drug-likeness (QED) is 0.377. The summed E-state index contributed by atoms with van der Waals surface area (Å²) in [4.78, 5) is 2.46. The first-order chi connectivity index (χ1) is 17.4. The number of ether oxygens (including phenoxy) is 4. The Morgan fingerprint density at radius 3 is 2.33 bits per heavy atom. The van der Waals surface area contributed by atoms with Crippen molar-refractivity contribution in [1.82, 2.24) is 14.7 Å². The van der Waals surface area contributed by atoms with Gasteiger partial charge in [0.05, 0.1) is 19.9 Å². The van der Waals surface area contributed by atoms with E-state index in [2.05, 4.69) is 54.2 Å². The molecule has 1 aliphatic heterocycles. The molecule has 2 aromatic carbocycles. The lowest BCUT2D eigenvalue weighted by Gasteiger charge is -2.40. The van der Waals surface area contributed by atoms with Crippen LogP contribution >= 0.6 is 0 Å². The summed E-state index contributed by atoms with van der Waals surface area (Å²) in [7, 11) is 3.49. The third-order valence-corrected chi connectivity index (χ3v) is 7.00. The first kappa shape index (κ1) is 26.0. The van der Waals surface area contributed by atoms with Crippen molar-refractivity contribution in [1.29, 1.82) is 0 Å². The van der Waals surface area contributed by atoms with Gasteiger partial charge in [-0.15, -0.1) is 0 Å². The zero-order chi connectivity index (χ0) is 25.5. The highest BCUT2D eigenvalue weighted by Gasteiger charge is 2.35. The van der Waals surface area contributed by atoms with Crippen molar-refractivity contribution in [2.24, 2.45) is 0 Å². The molecule has 0 unspecified atom stereocenters. The molecule has 7 heteroatoms. The van der Waals surface area contributed by atoms with E-state index in [-0.39, 0.29) is 5.60 Å². The van der Waals surface area contributed by atoms with E-state index in [1.54, 1.807) is 14.2 Å². The molecule has 1 aliphatic rings. The third kappa shape index (κ3) is 6.59. The lowest BCUT2D eigenvalue weighted by molar-refractivity contribution is -0.0840. The van der Waals surface area contributed by atoms with Gasteiger partial charge in [0, 0.05) is 32.9 Å². The average molecular weight is 494 g/mol. The number of hydrogen-bond donors (Lipinski definition) is 0. The fourth-order valence-electron chi connectivity index (χ4n) is 4.72. The van der Waals surface area contributed by atoms with Gasteiger partial charge in [0.15, 0.2) is 11.5 Å². The number of rotatable bonds is 11. The molecule has 194 valence electrons. The van der Waals surface area contributed by atoms with E-state index < -0.39 is 0 Å². The summed E-state index contributed by atoms with van der Waals surface area (Å²) >= 11 is 0. The molecule has 0 atom stereocenters. The summed E-state index contributed by atoms with van der Waals surface area (Å²) in [6, 6.07) is 12.5. The lowest BCUT2D eigenvalue weighted by Crippen LogP contribution is -2.48. The Balaban J connectivity index is 1.28. The van der Waals surface area contributed by atoms with E-state index in [1.807, 2.05) is 30.1 Å². The van der Waals surface area contributed by atoms with Gasteiger partial charge >= 0.3 is 0 Å². The fraction of sp³-hybridized carbons (Fsp3) is 0.483. The normalized spacial score (nSPS) is 15.6. The Hall–Kier alpha value is -3.03. The molecule has 1 fully saturated rings. The van der Waals surface area contributed by atoms with E-state index in [0.717, 1.165) is 60.9 Å². The lowest BCUT2D eigenvalue weighted by atomic mass is 9.91. The van der Waals surface area contributed by atoms with E-state index in [4.69, 9.17) is 18.9 Å². The molecule has 1 aromatic heterocycles. The van der Waals surface area contributed by atoms with Crippen LogP contribution < -0.4 is 14.2 Å². The smallest absolute Gasteiger partial charge is 0.161 e. The van der Waals surface area contributed by atoms with Crippen LogP contribution in [-0.2, 0) is 17.8 Å². The number of piperidine rings is 1. The molecule has 7 nitrogen and oxygen atoms in total. The Bertz CT molecular complexity index is 1140. The molecule has 36 heavy (non-hydrogen) atoms. The van der Waals surface area contributed by atoms with Crippen LogP contribution in [0.2, 0.25) is 0 Å². The van der Waals surface area contributed by atoms with Crippen LogP contribution in [0.1, 0.15) is 35.1 Å². The van der Waals surface area contributed by atoms with Gasteiger partial charge < -0.3 is 18.9 Å². The first-order valence-corrected chi connectivity index (χ1v) is 12.7. The van der Waals surface area contributed by atoms with Gasteiger partial charge in [0.1, 0.15) is 24.6 Å². The summed E-state index contributed by atoms with van der Waals surface area (Å²) in [6.07, 6.45) is 5.72. The van der Waals surface area contributed by atoms with Crippen molar-refractivity contribution in [2.45, 2.75) is 52.3 Å². The average Bonchev–Trinajstić information content (AvgIpc) is 3.30. The van der Waals surface area contributed by atoms with E-state index >= 15 is 0 Å². The number of aryl methyl sites for hydroxylation is 3. The van der Waals surface area contributed by atoms with Gasteiger partial charge in [-0.1, -0.05) is 23.8 Å². The maximum absolute atomic E-state index is 6.20. The summed E-state index contributed by atoms with van der Waals surface area (Å²) in [5.74, 6) is 2.45. The van der Waals surface area contributed by atoms with E-state index in [0.29, 0.717) is 19.8 Å². The number of methoxy groups -OCH3 is 2. The van der Waals surface area contributed by atoms with Crippen LogP contribution in [0, 0.1) is 20.8 Å². The first-order valence-electron chi connectivity index (χ1n) is 12.7. The van der Waals surface area contributed by atoms with Crippen LogP contribution in [0.5, 0.6) is 17.2 Å². The largest absolute Gasteiger partial charge is 0.493 e. The van der Waals surface area contributed by atoms with Crippen molar-refractivity contribution in [2.75, 3.05) is 40.5 Å². The molecular weight excluding hydrogens is 454 g/mol. The van der Waals surface area contributed by atoms with Crippen molar-refractivity contribution >= 4 is 0 Å².